The second-order valence-corrected chi connectivity index (χ2v) is 7.26. The van der Waals surface area contributed by atoms with E-state index in [4.69, 9.17) is 5.73 Å². The Balaban J connectivity index is 1.84. The molecular formula is C16H29NO. The first-order valence-electron chi connectivity index (χ1n) is 8.13. The molecule has 3 N–H and O–H groups in total. The minimum atomic E-state index is -0.415. The Morgan fingerprint density at radius 2 is 1.67 bits per heavy atom. The van der Waals surface area contributed by atoms with Gasteiger partial charge in [0.2, 0.25) is 0 Å². The van der Waals surface area contributed by atoms with Gasteiger partial charge < -0.3 is 10.8 Å². The summed E-state index contributed by atoms with van der Waals surface area (Å²) >= 11 is 0. The predicted molar refractivity (Wildman–Crippen MR) is 74.2 cm³/mol. The van der Waals surface area contributed by atoms with Crippen LogP contribution < -0.4 is 5.73 Å². The highest BCUT2D eigenvalue weighted by atomic mass is 16.3. The zero-order valence-electron chi connectivity index (χ0n) is 11.7. The molecule has 0 aromatic carbocycles. The van der Waals surface area contributed by atoms with Crippen molar-refractivity contribution in [3.63, 3.8) is 0 Å². The second-order valence-electron chi connectivity index (χ2n) is 7.26. The van der Waals surface area contributed by atoms with Gasteiger partial charge in [-0.25, -0.2) is 0 Å². The molecule has 0 spiro atoms. The molecule has 104 valence electrons. The predicted octanol–water partition coefficient (Wildman–Crippen LogP) is 3.23. The van der Waals surface area contributed by atoms with Crippen molar-refractivity contribution in [2.45, 2.75) is 76.2 Å². The van der Waals surface area contributed by atoms with Crippen LogP contribution in [0.4, 0.5) is 0 Å². The highest BCUT2D eigenvalue weighted by molar-refractivity contribution is 5.11. The Hall–Kier alpha value is -0.0800. The van der Waals surface area contributed by atoms with Crippen LogP contribution in [0, 0.1) is 17.3 Å². The van der Waals surface area contributed by atoms with Gasteiger partial charge in [0.25, 0.3) is 0 Å². The lowest BCUT2D eigenvalue weighted by molar-refractivity contribution is -0.130. The first-order valence-corrected chi connectivity index (χ1v) is 8.13. The van der Waals surface area contributed by atoms with Crippen molar-refractivity contribution in [1.29, 1.82) is 0 Å². The van der Waals surface area contributed by atoms with Crippen LogP contribution in [-0.2, 0) is 0 Å². The summed E-state index contributed by atoms with van der Waals surface area (Å²) in [6, 6.07) is 0. The van der Waals surface area contributed by atoms with Gasteiger partial charge in [0.15, 0.2) is 0 Å². The third-order valence-corrected chi connectivity index (χ3v) is 6.44. The normalized spacial score (nSPS) is 43.7. The average Bonchev–Trinajstić information content (AvgIpc) is 2.89. The summed E-state index contributed by atoms with van der Waals surface area (Å²) in [5.41, 5.74) is 5.83. The SMILES string of the molecule is NCC1(C2(O)CC3CCC2C3)CCCCCCC1. The lowest BCUT2D eigenvalue weighted by atomic mass is 9.59. The molecule has 2 heteroatoms. The van der Waals surface area contributed by atoms with Gasteiger partial charge in [-0.05, 0) is 50.4 Å². The molecule has 18 heavy (non-hydrogen) atoms. The van der Waals surface area contributed by atoms with Crippen LogP contribution in [0.3, 0.4) is 0 Å². The van der Waals surface area contributed by atoms with Crippen molar-refractivity contribution in [2.75, 3.05) is 6.54 Å². The molecule has 0 aromatic rings. The standard InChI is InChI=1S/C16H29NO/c17-12-15(8-4-2-1-3-5-9-15)16(18)11-13-6-7-14(16)10-13/h13-14,18H,1-12,17H2. The minimum absolute atomic E-state index is 0.0489. The van der Waals surface area contributed by atoms with Crippen molar-refractivity contribution in [2.24, 2.45) is 23.0 Å². The summed E-state index contributed by atoms with van der Waals surface area (Å²) in [6.45, 7) is 0.701. The maximum atomic E-state index is 11.4. The quantitative estimate of drug-likeness (QED) is 0.791. The highest BCUT2D eigenvalue weighted by Crippen LogP contribution is 2.60. The third kappa shape index (κ3) is 1.84. The van der Waals surface area contributed by atoms with Crippen LogP contribution in [-0.4, -0.2) is 17.3 Å². The molecule has 3 aliphatic rings. The summed E-state index contributed by atoms with van der Waals surface area (Å²) < 4.78 is 0. The molecule has 0 aromatic heterocycles. The Bertz CT molecular complexity index is 295. The van der Waals surface area contributed by atoms with Gasteiger partial charge in [-0.1, -0.05) is 32.1 Å². The molecule has 0 amide bonds. The van der Waals surface area contributed by atoms with Crippen molar-refractivity contribution in [3.8, 4) is 0 Å². The van der Waals surface area contributed by atoms with E-state index < -0.39 is 5.60 Å². The lowest BCUT2D eigenvalue weighted by Gasteiger charge is -2.50. The summed E-state index contributed by atoms with van der Waals surface area (Å²) in [4.78, 5) is 0. The Labute approximate surface area is 111 Å². The lowest BCUT2D eigenvalue weighted by Crippen LogP contribution is -2.56. The van der Waals surface area contributed by atoms with E-state index in [1.54, 1.807) is 0 Å². The van der Waals surface area contributed by atoms with Gasteiger partial charge in [0.05, 0.1) is 5.60 Å². The first kappa shape index (κ1) is 12.9. The zero-order chi connectivity index (χ0) is 12.6. The number of hydrogen-bond donors (Lipinski definition) is 2. The number of fused-ring (bicyclic) bond motifs is 2. The number of nitrogens with two attached hydrogens (primary N) is 1. The van der Waals surface area contributed by atoms with Crippen LogP contribution in [0.25, 0.3) is 0 Å². The van der Waals surface area contributed by atoms with E-state index in [0.29, 0.717) is 12.5 Å². The van der Waals surface area contributed by atoms with Gasteiger partial charge >= 0.3 is 0 Å². The van der Waals surface area contributed by atoms with Crippen LogP contribution in [0.2, 0.25) is 0 Å². The molecular weight excluding hydrogens is 222 g/mol. The molecule has 3 saturated carbocycles. The van der Waals surface area contributed by atoms with E-state index in [1.807, 2.05) is 0 Å². The first-order chi connectivity index (χ1) is 8.70. The Morgan fingerprint density at radius 1 is 1.00 bits per heavy atom. The van der Waals surface area contributed by atoms with Crippen LogP contribution in [0.5, 0.6) is 0 Å². The summed E-state index contributed by atoms with van der Waals surface area (Å²) in [6.07, 6.45) is 13.9. The van der Waals surface area contributed by atoms with Crippen molar-refractivity contribution in [3.05, 3.63) is 0 Å². The number of rotatable bonds is 2. The maximum Gasteiger partial charge on any atom is 0.0746 e. The van der Waals surface area contributed by atoms with Crippen LogP contribution in [0.1, 0.15) is 70.6 Å². The Morgan fingerprint density at radius 3 is 2.17 bits per heavy atom. The van der Waals surface area contributed by atoms with Crippen molar-refractivity contribution in [1.82, 2.24) is 0 Å². The molecule has 3 rings (SSSR count). The molecule has 3 atom stereocenters. The van der Waals surface area contributed by atoms with E-state index >= 15 is 0 Å². The fraction of sp³-hybridized carbons (Fsp3) is 1.00. The van der Waals surface area contributed by atoms with Crippen molar-refractivity contribution < 1.29 is 5.11 Å². The fourth-order valence-corrected chi connectivity index (χ4v) is 5.35. The van der Waals surface area contributed by atoms with Crippen molar-refractivity contribution >= 4 is 0 Å². The summed E-state index contributed by atoms with van der Waals surface area (Å²) in [7, 11) is 0. The van der Waals surface area contributed by atoms with Crippen LogP contribution >= 0.6 is 0 Å². The van der Waals surface area contributed by atoms with Gasteiger partial charge in [0, 0.05) is 12.0 Å². The molecule has 3 fully saturated rings. The summed E-state index contributed by atoms with van der Waals surface area (Å²) in [5, 5.41) is 11.4. The van der Waals surface area contributed by atoms with E-state index in [-0.39, 0.29) is 5.41 Å². The molecule has 0 aliphatic heterocycles. The average molecular weight is 251 g/mol. The topological polar surface area (TPSA) is 46.2 Å². The number of aliphatic hydroxyl groups is 1. The minimum Gasteiger partial charge on any atom is -0.389 e. The molecule has 3 unspecified atom stereocenters. The molecule has 0 heterocycles. The molecule has 0 radical (unpaired) electrons. The Kier molecular flexibility index (Phi) is 3.44. The van der Waals surface area contributed by atoms with E-state index in [9.17, 15) is 5.11 Å². The molecule has 0 saturated heterocycles. The van der Waals surface area contributed by atoms with Gasteiger partial charge in [-0.2, -0.15) is 0 Å². The molecule has 3 aliphatic carbocycles. The smallest absolute Gasteiger partial charge is 0.0746 e. The van der Waals surface area contributed by atoms with Gasteiger partial charge in [0.1, 0.15) is 0 Å². The maximum absolute atomic E-state index is 11.4. The van der Waals surface area contributed by atoms with Gasteiger partial charge in [-0.3, -0.25) is 0 Å². The second kappa shape index (κ2) is 4.79. The molecule has 2 nitrogen and oxygen atoms in total. The van der Waals surface area contributed by atoms with E-state index in [0.717, 1.165) is 12.3 Å². The van der Waals surface area contributed by atoms with E-state index in [1.165, 1.54) is 64.2 Å². The van der Waals surface area contributed by atoms with Gasteiger partial charge in [-0.15, -0.1) is 0 Å². The third-order valence-electron chi connectivity index (χ3n) is 6.44. The van der Waals surface area contributed by atoms with E-state index in [2.05, 4.69) is 0 Å². The monoisotopic (exact) mass is 251 g/mol. The number of hydrogen-bond acceptors (Lipinski definition) is 2. The zero-order valence-corrected chi connectivity index (χ0v) is 11.7. The largest absolute Gasteiger partial charge is 0.389 e. The summed E-state index contributed by atoms with van der Waals surface area (Å²) in [5.74, 6) is 1.36. The molecule has 2 bridgehead atoms. The van der Waals surface area contributed by atoms with Crippen LogP contribution in [0.15, 0.2) is 0 Å². The fourth-order valence-electron chi connectivity index (χ4n) is 5.35. The highest BCUT2D eigenvalue weighted by Gasteiger charge is 2.59.